The van der Waals surface area contributed by atoms with Crippen LogP contribution in [0.1, 0.15) is 38.6 Å². The Bertz CT molecular complexity index is 911. The lowest BCUT2D eigenvalue weighted by atomic mass is 10.0. The van der Waals surface area contributed by atoms with E-state index in [-0.39, 0.29) is 23.9 Å². The second-order valence-electron chi connectivity index (χ2n) is 8.11. The SMILES string of the molecule is COC(=O)N[C@H](C(=O)N1[C@@H]2C[C@@H]2C[C@H]1c1ncc(-c2ccc(Br)cc2)[nH]1)C(C)C. The Hall–Kier alpha value is -2.35. The lowest BCUT2D eigenvalue weighted by molar-refractivity contribution is -0.136. The number of aromatic nitrogens is 2. The summed E-state index contributed by atoms with van der Waals surface area (Å²) in [4.78, 5) is 35.1. The lowest BCUT2D eigenvalue weighted by Gasteiger charge is -2.31. The first-order valence-electron chi connectivity index (χ1n) is 9.86. The van der Waals surface area contributed by atoms with Crippen molar-refractivity contribution in [1.29, 1.82) is 0 Å². The van der Waals surface area contributed by atoms with Crippen molar-refractivity contribution in [2.24, 2.45) is 11.8 Å². The molecule has 2 aliphatic rings. The fraction of sp³-hybridized carbons (Fsp3) is 0.476. The van der Waals surface area contributed by atoms with Crippen LogP contribution in [0, 0.1) is 11.8 Å². The second-order valence-corrected chi connectivity index (χ2v) is 9.02. The molecule has 2 aromatic rings. The predicted molar refractivity (Wildman–Crippen MR) is 112 cm³/mol. The molecule has 1 saturated carbocycles. The maximum absolute atomic E-state index is 13.4. The van der Waals surface area contributed by atoms with Crippen LogP contribution in [-0.2, 0) is 9.53 Å². The molecule has 0 radical (unpaired) electrons. The second kappa shape index (κ2) is 7.82. The van der Waals surface area contributed by atoms with Crippen molar-refractivity contribution in [3.63, 3.8) is 0 Å². The number of methoxy groups -OCH3 is 1. The molecule has 0 unspecified atom stereocenters. The van der Waals surface area contributed by atoms with Gasteiger partial charge in [0.1, 0.15) is 11.9 Å². The van der Waals surface area contributed by atoms with Crippen LogP contribution < -0.4 is 5.32 Å². The van der Waals surface area contributed by atoms with Gasteiger partial charge in [-0.1, -0.05) is 41.9 Å². The predicted octanol–water partition coefficient (Wildman–Crippen LogP) is 3.88. The van der Waals surface area contributed by atoms with E-state index in [9.17, 15) is 9.59 Å². The topological polar surface area (TPSA) is 87.3 Å². The number of piperidine rings is 1. The van der Waals surface area contributed by atoms with E-state index in [0.29, 0.717) is 5.92 Å². The Morgan fingerprint density at radius 1 is 1.28 bits per heavy atom. The Kier molecular flexibility index (Phi) is 5.38. The van der Waals surface area contributed by atoms with Gasteiger partial charge in [-0.05, 0) is 42.4 Å². The van der Waals surface area contributed by atoms with E-state index < -0.39 is 12.1 Å². The maximum atomic E-state index is 13.4. The fourth-order valence-electron chi connectivity index (χ4n) is 4.16. The van der Waals surface area contributed by atoms with Gasteiger partial charge >= 0.3 is 6.09 Å². The van der Waals surface area contributed by atoms with Gasteiger partial charge in [0.25, 0.3) is 0 Å². The van der Waals surface area contributed by atoms with Gasteiger partial charge in [0.2, 0.25) is 5.91 Å². The molecule has 29 heavy (non-hydrogen) atoms. The van der Waals surface area contributed by atoms with Gasteiger partial charge in [0.15, 0.2) is 0 Å². The number of hydrogen-bond acceptors (Lipinski definition) is 4. The highest BCUT2D eigenvalue weighted by molar-refractivity contribution is 9.10. The largest absolute Gasteiger partial charge is 0.453 e. The van der Waals surface area contributed by atoms with Gasteiger partial charge in [-0.3, -0.25) is 4.79 Å². The van der Waals surface area contributed by atoms with Gasteiger partial charge in [-0.15, -0.1) is 0 Å². The van der Waals surface area contributed by atoms with Gasteiger partial charge in [-0.25, -0.2) is 9.78 Å². The molecule has 7 nitrogen and oxygen atoms in total. The number of halogens is 1. The lowest BCUT2D eigenvalue weighted by Crippen LogP contribution is -2.52. The van der Waals surface area contributed by atoms with E-state index in [0.717, 1.165) is 34.4 Å². The summed E-state index contributed by atoms with van der Waals surface area (Å²) in [7, 11) is 1.30. The third-order valence-corrected chi connectivity index (χ3v) is 6.35. The molecule has 4 atom stereocenters. The van der Waals surface area contributed by atoms with E-state index >= 15 is 0 Å². The Balaban J connectivity index is 1.57. The Morgan fingerprint density at radius 2 is 2.00 bits per heavy atom. The van der Waals surface area contributed by atoms with E-state index in [2.05, 4.69) is 31.2 Å². The number of amides is 2. The van der Waals surface area contributed by atoms with Crippen LogP contribution in [0.5, 0.6) is 0 Å². The molecule has 0 spiro atoms. The van der Waals surface area contributed by atoms with E-state index in [1.807, 2.05) is 49.2 Å². The van der Waals surface area contributed by atoms with Crippen molar-refractivity contribution in [3.8, 4) is 11.3 Å². The highest BCUT2D eigenvalue weighted by Crippen LogP contribution is 2.53. The number of fused-ring (bicyclic) bond motifs is 1. The molecule has 1 aromatic carbocycles. The number of likely N-dealkylation sites (tertiary alicyclic amines) is 1. The van der Waals surface area contributed by atoms with Crippen molar-refractivity contribution in [2.75, 3.05) is 7.11 Å². The molecular weight excluding hydrogens is 436 g/mol. The summed E-state index contributed by atoms with van der Waals surface area (Å²) in [6.45, 7) is 3.85. The molecule has 4 rings (SSSR count). The molecule has 2 heterocycles. The van der Waals surface area contributed by atoms with Gasteiger partial charge < -0.3 is 19.9 Å². The zero-order valence-electron chi connectivity index (χ0n) is 16.7. The van der Waals surface area contributed by atoms with Crippen molar-refractivity contribution in [2.45, 2.75) is 44.8 Å². The van der Waals surface area contributed by atoms with Crippen LogP contribution in [0.3, 0.4) is 0 Å². The third-order valence-electron chi connectivity index (χ3n) is 5.82. The van der Waals surface area contributed by atoms with Crippen molar-refractivity contribution in [3.05, 3.63) is 40.8 Å². The fourth-order valence-corrected chi connectivity index (χ4v) is 4.42. The normalized spacial score (nSPS) is 23.6. The number of carbonyl (C=O) groups is 2. The zero-order valence-corrected chi connectivity index (χ0v) is 18.3. The summed E-state index contributed by atoms with van der Waals surface area (Å²) in [5.74, 6) is 1.19. The van der Waals surface area contributed by atoms with Gasteiger partial charge in [0, 0.05) is 10.5 Å². The van der Waals surface area contributed by atoms with Gasteiger partial charge in [0.05, 0.1) is 25.0 Å². The summed E-state index contributed by atoms with van der Waals surface area (Å²) in [5, 5.41) is 2.70. The molecular formula is C21H25BrN4O3. The summed E-state index contributed by atoms with van der Waals surface area (Å²) >= 11 is 3.45. The number of benzene rings is 1. The summed E-state index contributed by atoms with van der Waals surface area (Å²) in [5.41, 5.74) is 1.97. The van der Waals surface area contributed by atoms with Crippen molar-refractivity contribution < 1.29 is 14.3 Å². The van der Waals surface area contributed by atoms with Crippen molar-refractivity contribution in [1.82, 2.24) is 20.2 Å². The average Bonchev–Trinajstić information content (AvgIpc) is 3.14. The summed E-state index contributed by atoms with van der Waals surface area (Å²) < 4.78 is 5.73. The number of aromatic amines is 1. The molecule has 2 amide bonds. The molecule has 0 bridgehead atoms. The Morgan fingerprint density at radius 3 is 2.66 bits per heavy atom. The highest BCUT2D eigenvalue weighted by atomic mass is 79.9. The minimum Gasteiger partial charge on any atom is -0.453 e. The van der Waals surface area contributed by atoms with E-state index in [4.69, 9.17) is 4.74 Å². The average molecular weight is 461 g/mol. The number of nitrogens with zero attached hydrogens (tertiary/aromatic N) is 2. The number of rotatable bonds is 5. The number of ether oxygens (including phenoxy) is 1. The molecule has 1 aromatic heterocycles. The van der Waals surface area contributed by atoms with Crippen LogP contribution in [0.25, 0.3) is 11.3 Å². The molecule has 154 valence electrons. The first kappa shape index (κ1) is 19.9. The standard InChI is InChI=1S/C21H25BrN4O3/c1-11(2)18(25-21(28)29-3)20(27)26-16-8-13(16)9-17(26)19-23-10-15(24-19)12-4-6-14(22)7-5-12/h4-7,10-11,13,16-18H,8-9H2,1-3H3,(H,23,24)(H,25,28)/t13-,16-,17+,18+/m1/s1. The number of alkyl carbamates (subject to hydrolysis) is 1. The molecule has 1 saturated heterocycles. The van der Waals surface area contributed by atoms with E-state index in [1.165, 1.54) is 7.11 Å². The first-order chi connectivity index (χ1) is 13.9. The van der Waals surface area contributed by atoms with Crippen LogP contribution in [0.4, 0.5) is 4.79 Å². The molecule has 2 N–H and O–H groups in total. The van der Waals surface area contributed by atoms with Crippen LogP contribution in [0.15, 0.2) is 34.9 Å². The minimum absolute atomic E-state index is 0.0463. The Labute approximate surface area is 178 Å². The number of nitrogens with one attached hydrogen (secondary N) is 2. The molecule has 8 heteroatoms. The van der Waals surface area contributed by atoms with Crippen LogP contribution >= 0.6 is 15.9 Å². The zero-order chi connectivity index (χ0) is 20.7. The minimum atomic E-state index is -0.620. The van der Waals surface area contributed by atoms with Gasteiger partial charge in [-0.2, -0.15) is 0 Å². The highest BCUT2D eigenvalue weighted by Gasteiger charge is 2.56. The van der Waals surface area contributed by atoms with Crippen LogP contribution in [-0.4, -0.2) is 46.1 Å². The van der Waals surface area contributed by atoms with Crippen molar-refractivity contribution >= 4 is 27.9 Å². The molecule has 1 aliphatic heterocycles. The number of H-pyrrole nitrogens is 1. The van der Waals surface area contributed by atoms with Crippen LogP contribution in [0.2, 0.25) is 0 Å². The molecule has 1 aliphatic carbocycles. The smallest absolute Gasteiger partial charge is 0.407 e. The third kappa shape index (κ3) is 3.90. The quantitative estimate of drug-likeness (QED) is 0.708. The number of hydrogen-bond donors (Lipinski definition) is 2. The number of imidazole rings is 1. The summed E-state index contributed by atoms with van der Waals surface area (Å²) in [6.07, 6.45) is 3.14. The summed E-state index contributed by atoms with van der Waals surface area (Å²) in [6, 6.07) is 7.53. The number of carbonyl (C=O) groups excluding carboxylic acids is 2. The monoisotopic (exact) mass is 460 g/mol. The van der Waals surface area contributed by atoms with E-state index in [1.54, 1.807) is 0 Å². The first-order valence-corrected chi connectivity index (χ1v) is 10.7. The maximum Gasteiger partial charge on any atom is 0.407 e. The molecule has 2 fully saturated rings.